The molecule has 0 fully saturated rings. The average Bonchev–Trinajstić information content (AvgIpc) is 2.78. The lowest BCUT2D eigenvalue weighted by atomic mass is 10.1. The fourth-order valence-corrected chi connectivity index (χ4v) is 2.59. The molecule has 0 amide bonds. The van der Waals surface area contributed by atoms with Crippen LogP contribution >= 0.6 is 0 Å². The first kappa shape index (κ1) is 20.9. The van der Waals surface area contributed by atoms with Gasteiger partial charge in [-0.05, 0) is 61.0 Å². The van der Waals surface area contributed by atoms with E-state index in [4.69, 9.17) is 19.4 Å². The van der Waals surface area contributed by atoms with Crippen molar-refractivity contribution in [2.24, 2.45) is 5.16 Å². The van der Waals surface area contributed by atoms with Gasteiger partial charge in [-0.25, -0.2) is 4.79 Å². The largest absolute Gasteiger partial charge is 0.487 e. The minimum Gasteiger partial charge on any atom is -0.487 e. The highest BCUT2D eigenvalue weighted by Gasteiger charge is 2.09. The predicted octanol–water partition coefficient (Wildman–Crippen LogP) is 5.39. The summed E-state index contributed by atoms with van der Waals surface area (Å²) in [4.78, 5) is 16.5. The molecule has 1 N–H and O–H groups in total. The molecule has 0 unspecified atom stereocenters. The number of carbonyl (C=O) groups is 1. The Morgan fingerprint density at radius 1 is 0.867 bits per heavy atom. The Labute approximate surface area is 175 Å². The van der Waals surface area contributed by atoms with Gasteiger partial charge in [-0.15, -0.1) is 0 Å². The number of aromatic carboxylic acids is 1. The van der Waals surface area contributed by atoms with E-state index in [0.29, 0.717) is 23.8 Å². The molecule has 0 saturated carbocycles. The number of para-hydroxylation sites is 1. The summed E-state index contributed by atoms with van der Waals surface area (Å²) >= 11 is 0. The lowest BCUT2D eigenvalue weighted by Gasteiger charge is -2.11. The van der Waals surface area contributed by atoms with Crippen molar-refractivity contribution in [3.05, 3.63) is 90.0 Å². The van der Waals surface area contributed by atoms with Crippen LogP contribution in [0.1, 0.15) is 29.3 Å². The van der Waals surface area contributed by atoms with Gasteiger partial charge in [0, 0.05) is 5.56 Å². The summed E-state index contributed by atoms with van der Waals surface area (Å²) in [5.41, 5.74) is 1.58. The predicted molar refractivity (Wildman–Crippen MR) is 115 cm³/mol. The Balaban J connectivity index is 1.72. The minimum atomic E-state index is -1.00. The monoisotopic (exact) mass is 405 g/mol. The van der Waals surface area contributed by atoms with Crippen molar-refractivity contribution in [3.63, 3.8) is 0 Å². The van der Waals surface area contributed by atoms with Crippen molar-refractivity contribution >= 4 is 11.7 Å². The molecule has 0 saturated heterocycles. The van der Waals surface area contributed by atoms with Crippen LogP contribution in [0.15, 0.2) is 84.0 Å². The van der Waals surface area contributed by atoms with Crippen LogP contribution in [0.2, 0.25) is 0 Å². The first-order valence-electron chi connectivity index (χ1n) is 9.64. The highest BCUT2D eigenvalue weighted by Crippen LogP contribution is 2.22. The second kappa shape index (κ2) is 10.7. The Kier molecular flexibility index (Phi) is 7.44. The van der Waals surface area contributed by atoms with Crippen molar-refractivity contribution < 1.29 is 24.2 Å². The van der Waals surface area contributed by atoms with E-state index >= 15 is 0 Å². The van der Waals surface area contributed by atoms with E-state index in [1.807, 2.05) is 61.5 Å². The Morgan fingerprint density at radius 2 is 1.57 bits per heavy atom. The zero-order valence-electron chi connectivity index (χ0n) is 16.7. The van der Waals surface area contributed by atoms with Gasteiger partial charge in [0.15, 0.2) is 0 Å². The smallest absolute Gasteiger partial charge is 0.335 e. The molecule has 30 heavy (non-hydrogen) atoms. The summed E-state index contributed by atoms with van der Waals surface area (Å²) in [5, 5.41) is 13.3. The molecular formula is C24H23NO5. The Morgan fingerprint density at radius 3 is 2.27 bits per heavy atom. The molecule has 0 aromatic heterocycles. The van der Waals surface area contributed by atoms with Gasteiger partial charge < -0.3 is 19.4 Å². The van der Waals surface area contributed by atoms with Gasteiger partial charge in [0.25, 0.3) is 0 Å². The summed E-state index contributed by atoms with van der Waals surface area (Å²) in [5.74, 6) is 0.901. The molecule has 0 bridgehead atoms. The summed E-state index contributed by atoms with van der Waals surface area (Å²) in [6, 6.07) is 23.3. The molecule has 6 heteroatoms. The van der Waals surface area contributed by atoms with E-state index in [9.17, 15) is 4.79 Å². The molecule has 3 aromatic carbocycles. The normalized spacial score (nSPS) is 11.0. The average molecular weight is 405 g/mol. The third kappa shape index (κ3) is 6.10. The lowest BCUT2D eigenvalue weighted by Crippen LogP contribution is -2.14. The highest BCUT2D eigenvalue weighted by atomic mass is 16.6. The standard InChI is InChI=1S/C24H23NO5/c1-2-15-29-25-23(17-28-22-10-6-7-19(16-22)24(26)27)18-11-13-21(14-12-18)30-20-8-4-3-5-9-20/h3-14,16H,2,15,17H2,1H3,(H,26,27). The van der Waals surface area contributed by atoms with E-state index in [1.165, 1.54) is 12.1 Å². The van der Waals surface area contributed by atoms with Crippen molar-refractivity contribution in [2.45, 2.75) is 13.3 Å². The zero-order valence-corrected chi connectivity index (χ0v) is 16.7. The van der Waals surface area contributed by atoms with Gasteiger partial charge in [-0.3, -0.25) is 0 Å². The summed E-state index contributed by atoms with van der Waals surface area (Å²) in [7, 11) is 0. The molecule has 0 aliphatic rings. The number of carboxylic acids is 1. The molecule has 0 spiro atoms. The van der Waals surface area contributed by atoms with Gasteiger partial charge in [-0.2, -0.15) is 0 Å². The van der Waals surface area contributed by atoms with Gasteiger partial charge in [0.05, 0.1) is 5.56 Å². The van der Waals surface area contributed by atoms with Gasteiger partial charge in [-0.1, -0.05) is 36.3 Å². The molecule has 3 rings (SSSR count). The number of hydrogen-bond donors (Lipinski definition) is 1. The van der Waals surface area contributed by atoms with Crippen molar-refractivity contribution in [1.29, 1.82) is 0 Å². The van der Waals surface area contributed by atoms with Crippen molar-refractivity contribution in [1.82, 2.24) is 0 Å². The number of nitrogens with zero attached hydrogens (tertiary/aromatic N) is 1. The summed E-state index contributed by atoms with van der Waals surface area (Å²) in [6.45, 7) is 2.62. The number of rotatable bonds is 10. The number of benzene rings is 3. The van der Waals surface area contributed by atoms with Gasteiger partial charge in [0.2, 0.25) is 0 Å². The quantitative estimate of drug-likeness (QED) is 0.278. The van der Waals surface area contributed by atoms with Crippen LogP contribution in [0.5, 0.6) is 17.2 Å². The molecule has 154 valence electrons. The molecule has 6 nitrogen and oxygen atoms in total. The second-order valence-electron chi connectivity index (χ2n) is 6.43. The Bertz CT molecular complexity index is 984. The topological polar surface area (TPSA) is 77.4 Å². The van der Waals surface area contributed by atoms with Crippen LogP contribution in [0.25, 0.3) is 0 Å². The van der Waals surface area contributed by atoms with E-state index in [0.717, 1.165) is 17.7 Å². The zero-order chi connectivity index (χ0) is 21.2. The van der Waals surface area contributed by atoms with Crippen LogP contribution < -0.4 is 9.47 Å². The maximum Gasteiger partial charge on any atom is 0.335 e. The molecule has 3 aromatic rings. The van der Waals surface area contributed by atoms with Gasteiger partial charge in [0.1, 0.15) is 36.2 Å². The molecule has 0 aliphatic heterocycles. The number of carboxylic acid groups (broad SMARTS) is 1. The molecule has 0 aliphatic carbocycles. The SMILES string of the molecule is CCCON=C(COc1cccc(C(=O)O)c1)c1ccc(Oc2ccccc2)cc1. The molecule has 0 atom stereocenters. The second-order valence-corrected chi connectivity index (χ2v) is 6.43. The van der Waals surface area contributed by atoms with Crippen LogP contribution in [0.3, 0.4) is 0 Å². The van der Waals surface area contributed by atoms with Crippen LogP contribution in [0, 0.1) is 0 Å². The molecular weight excluding hydrogens is 382 g/mol. The van der Waals surface area contributed by atoms with Crippen LogP contribution in [-0.2, 0) is 4.84 Å². The van der Waals surface area contributed by atoms with Crippen molar-refractivity contribution in [3.8, 4) is 17.2 Å². The Hall–Kier alpha value is -3.80. The first-order valence-corrected chi connectivity index (χ1v) is 9.64. The third-order valence-corrected chi connectivity index (χ3v) is 4.09. The van der Waals surface area contributed by atoms with E-state index in [-0.39, 0.29) is 12.2 Å². The highest BCUT2D eigenvalue weighted by molar-refractivity contribution is 6.01. The maximum absolute atomic E-state index is 11.1. The summed E-state index contributed by atoms with van der Waals surface area (Å²) < 4.78 is 11.6. The third-order valence-electron chi connectivity index (χ3n) is 4.09. The first-order chi connectivity index (χ1) is 14.7. The van der Waals surface area contributed by atoms with Crippen molar-refractivity contribution in [2.75, 3.05) is 13.2 Å². The molecule has 0 heterocycles. The van der Waals surface area contributed by atoms with E-state index < -0.39 is 5.97 Å². The van der Waals surface area contributed by atoms with Crippen LogP contribution in [-0.4, -0.2) is 30.0 Å². The fourth-order valence-electron chi connectivity index (χ4n) is 2.59. The number of ether oxygens (including phenoxy) is 2. The number of oxime groups is 1. The lowest BCUT2D eigenvalue weighted by molar-refractivity contribution is 0.0696. The maximum atomic E-state index is 11.1. The molecule has 0 radical (unpaired) electrons. The van der Waals surface area contributed by atoms with Crippen LogP contribution in [0.4, 0.5) is 0 Å². The minimum absolute atomic E-state index is 0.131. The van der Waals surface area contributed by atoms with E-state index in [1.54, 1.807) is 12.1 Å². The fraction of sp³-hybridized carbons (Fsp3) is 0.167. The number of hydrogen-bond acceptors (Lipinski definition) is 5. The van der Waals surface area contributed by atoms with Gasteiger partial charge >= 0.3 is 5.97 Å². The summed E-state index contributed by atoms with van der Waals surface area (Å²) in [6.07, 6.45) is 0.835. The van der Waals surface area contributed by atoms with E-state index in [2.05, 4.69) is 5.16 Å².